The van der Waals surface area contributed by atoms with E-state index in [2.05, 4.69) is 15.9 Å². The molecule has 5 heteroatoms. The fraction of sp³-hybridized carbons (Fsp3) is 0.500. The molecule has 1 atom stereocenters. The summed E-state index contributed by atoms with van der Waals surface area (Å²) in [6.07, 6.45) is 0.0449. The Bertz CT molecular complexity index is 504. The van der Waals surface area contributed by atoms with Crippen LogP contribution in [0.4, 0.5) is 0 Å². The lowest BCUT2D eigenvalue weighted by molar-refractivity contribution is -0.118. The Morgan fingerprint density at radius 2 is 2.21 bits per heavy atom. The Balaban J connectivity index is 2.21. The highest BCUT2D eigenvalue weighted by Crippen LogP contribution is 2.26. The van der Waals surface area contributed by atoms with Gasteiger partial charge in [-0.1, -0.05) is 11.6 Å². The highest BCUT2D eigenvalue weighted by molar-refractivity contribution is 9.10. The van der Waals surface area contributed by atoms with Crippen molar-refractivity contribution in [1.82, 2.24) is 4.90 Å². The minimum Gasteiger partial charge on any atom is -0.369 e. The van der Waals surface area contributed by atoms with Crippen molar-refractivity contribution in [2.45, 2.75) is 32.5 Å². The smallest absolute Gasteiger partial charge is 0.254 e. The summed E-state index contributed by atoms with van der Waals surface area (Å²) >= 11 is 9.29. The summed E-state index contributed by atoms with van der Waals surface area (Å²) in [6.45, 7) is 7.19. The molecular weight excluding hydrogens is 330 g/mol. The van der Waals surface area contributed by atoms with E-state index in [1.54, 1.807) is 18.2 Å². The van der Waals surface area contributed by atoms with Crippen LogP contribution < -0.4 is 0 Å². The first-order valence-electron chi connectivity index (χ1n) is 6.21. The lowest BCUT2D eigenvalue weighted by Gasteiger charge is -2.41. The van der Waals surface area contributed by atoms with E-state index in [1.807, 2.05) is 25.7 Å². The monoisotopic (exact) mass is 345 g/mol. The van der Waals surface area contributed by atoms with Crippen LogP contribution in [0.3, 0.4) is 0 Å². The molecule has 0 spiro atoms. The molecule has 0 radical (unpaired) electrons. The van der Waals surface area contributed by atoms with Crippen molar-refractivity contribution in [3.63, 3.8) is 0 Å². The lowest BCUT2D eigenvalue weighted by Crippen LogP contribution is -2.53. The summed E-state index contributed by atoms with van der Waals surface area (Å²) in [6, 6.07) is 5.24. The maximum Gasteiger partial charge on any atom is 0.254 e. The van der Waals surface area contributed by atoms with Crippen molar-refractivity contribution in [1.29, 1.82) is 0 Å². The van der Waals surface area contributed by atoms with Crippen LogP contribution in [0.15, 0.2) is 22.7 Å². The van der Waals surface area contributed by atoms with E-state index in [-0.39, 0.29) is 17.6 Å². The fourth-order valence-electron chi connectivity index (χ4n) is 2.42. The zero-order valence-corrected chi connectivity index (χ0v) is 13.6. The van der Waals surface area contributed by atoms with Gasteiger partial charge in [-0.3, -0.25) is 4.79 Å². The first-order chi connectivity index (χ1) is 8.78. The molecule has 1 aliphatic rings. The topological polar surface area (TPSA) is 29.5 Å². The molecule has 1 fully saturated rings. The number of morpholine rings is 1. The number of amides is 1. The minimum absolute atomic E-state index is 0.0144. The molecule has 0 bridgehead atoms. The molecule has 1 heterocycles. The molecule has 0 saturated carbocycles. The summed E-state index contributed by atoms with van der Waals surface area (Å²) in [7, 11) is 0. The zero-order valence-electron chi connectivity index (χ0n) is 11.2. The number of rotatable bonds is 1. The van der Waals surface area contributed by atoms with Gasteiger partial charge in [0.15, 0.2) is 0 Å². The van der Waals surface area contributed by atoms with Gasteiger partial charge in [-0.2, -0.15) is 0 Å². The third kappa shape index (κ3) is 3.50. The Hall–Kier alpha value is -0.580. The molecule has 104 valence electrons. The van der Waals surface area contributed by atoms with Crippen molar-refractivity contribution in [3.8, 4) is 0 Å². The fourth-order valence-corrected chi connectivity index (χ4v) is 2.92. The maximum atomic E-state index is 12.5. The summed E-state index contributed by atoms with van der Waals surface area (Å²) in [5.74, 6) is 0.0144. The van der Waals surface area contributed by atoms with Gasteiger partial charge < -0.3 is 9.64 Å². The van der Waals surface area contributed by atoms with Crippen LogP contribution in [0, 0.1) is 0 Å². The van der Waals surface area contributed by atoms with Crippen LogP contribution in [-0.2, 0) is 4.74 Å². The normalized spacial score (nSPS) is 22.4. The van der Waals surface area contributed by atoms with E-state index < -0.39 is 0 Å². The third-order valence-electron chi connectivity index (χ3n) is 3.02. The highest BCUT2D eigenvalue weighted by atomic mass is 79.9. The average molecular weight is 347 g/mol. The predicted octanol–water partition coefficient (Wildman–Crippen LogP) is 3.74. The van der Waals surface area contributed by atoms with Crippen molar-refractivity contribution >= 4 is 33.4 Å². The van der Waals surface area contributed by atoms with Crippen LogP contribution in [0.1, 0.15) is 31.1 Å². The number of ether oxygens (including phenoxy) is 1. The number of benzene rings is 1. The largest absolute Gasteiger partial charge is 0.369 e. The number of carbonyl (C=O) groups excluding carboxylic acids is 1. The molecule has 3 nitrogen and oxygen atoms in total. The quantitative estimate of drug-likeness (QED) is 0.775. The van der Waals surface area contributed by atoms with Crippen molar-refractivity contribution < 1.29 is 9.53 Å². The maximum absolute atomic E-state index is 12.5. The second kappa shape index (κ2) is 5.43. The third-order valence-corrected chi connectivity index (χ3v) is 4.24. The van der Waals surface area contributed by atoms with E-state index >= 15 is 0 Å². The first-order valence-corrected chi connectivity index (χ1v) is 7.38. The standard InChI is InChI=1S/C14H17BrClNO2/c1-9-7-17(8-14(2,3)19-9)13(18)10-4-5-12(16)11(15)6-10/h4-6,9H,7-8H2,1-3H3. The molecule has 1 amide bonds. The molecular formula is C14H17BrClNO2. The second-order valence-corrected chi connectivity index (χ2v) is 6.76. The Morgan fingerprint density at radius 1 is 1.53 bits per heavy atom. The van der Waals surface area contributed by atoms with Crippen molar-refractivity contribution in [2.75, 3.05) is 13.1 Å². The lowest BCUT2D eigenvalue weighted by atomic mass is 10.0. The van der Waals surface area contributed by atoms with E-state index in [4.69, 9.17) is 16.3 Å². The number of hydrogen-bond acceptors (Lipinski definition) is 2. The summed E-state index contributed by atoms with van der Waals surface area (Å²) in [4.78, 5) is 14.3. The van der Waals surface area contributed by atoms with Gasteiger partial charge in [0, 0.05) is 23.1 Å². The van der Waals surface area contributed by atoms with E-state index in [0.717, 1.165) is 4.47 Å². The molecule has 0 aliphatic carbocycles. The van der Waals surface area contributed by atoms with Crippen LogP contribution in [-0.4, -0.2) is 35.6 Å². The van der Waals surface area contributed by atoms with Crippen LogP contribution in [0.2, 0.25) is 5.02 Å². The summed E-state index contributed by atoms with van der Waals surface area (Å²) < 4.78 is 6.55. The number of hydrogen-bond donors (Lipinski definition) is 0. The molecule has 0 aromatic heterocycles. The molecule has 1 aromatic rings. The zero-order chi connectivity index (χ0) is 14.2. The Kier molecular flexibility index (Phi) is 4.23. The molecule has 0 N–H and O–H groups in total. The van der Waals surface area contributed by atoms with Gasteiger partial charge in [-0.05, 0) is 54.9 Å². The van der Waals surface area contributed by atoms with Crippen LogP contribution >= 0.6 is 27.5 Å². The van der Waals surface area contributed by atoms with Gasteiger partial charge in [0.1, 0.15) is 0 Å². The molecule has 1 saturated heterocycles. The first kappa shape index (κ1) is 14.8. The van der Waals surface area contributed by atoms with Gasteiger partial charge in [0.25, 0.3) is 5.91 Å². The number of carbonyl (C=O) groups is 1. The Labute approximate surface area is 127 Å². The van der Waals surface area contributed by atoms with Gasteiger partial charge in [0.05, 0.1) is 16.7 Å². The molecule has 1 unspecified atom stereocenters. The van der Waals surface area contributed by atoms with Crippen LogP contribution in [0.5, 0.6) is 0 Å². The average Bonchev–Trinajstić information content (AvgIpc) is 2.29. The molecule has 1 aromatic carbocycles. The SMILES string of the molecule is CC1CN(C(=O)c2ccc(Cl)c(Br)c2)CC(C)(C)O1. The van der Waals surface area contributed by atoms with Gasteiger partial charge in [-0.25, -0.2) is 0 Å². The summed E-state index contributed by atoms with van der Waals surface area (Å²) in [5.41, 5.74) is 0.331. The van der Waals surface area contributed by atoms with E-state index in [1.165, 1.54) is 0 Å². The van der Waals surface area contributed by atoms with Crippen molar-refractivity contribution in [3.05, 3.63) is 33.3 Å². The van der Waals surface area contributed by atoms with E-state index in [0.29, 0.717) is 23.7 Å². The summed E-state index contributed by atoms with van der Waals surface area (Å²) in [5, 5.41) is 0.604. The van der Waals surface area contributed by atoms with Crippen LogP contribution in [0.25, 0.3) is 0 Å². The Morgan fingerprint density at radius 3 is 2.79 bits per heavy atom. The van der Waals surface area contributed by atoms with Crippen molar-refractivity contribution in [2.24, 2.45) is 0 Å². The van der Waals surface area contributed by atoms with Gasteiger partial charge in [0.2, 0.25) is 0 Å². The highest BCUT2D eigenvalue weighted by Gasteiger charge is 2.34. The van der Waals surface area contributed by atoms with Gasteiger partial charge in [-0.15, -0.1) is 0 Å². The van der Waals surface area contributed by atoms with Gasteiger partial charge >= 0.3 is 0 Å². The number of nitrogens with zero attached hydrogens (tertiary/aromatic N) is 1. The minimum atomic E-state index is -0.309. The predicted molar refractivity (Wildman–Crippen MR) is 79.7 cm³/mol. The number of halogens is 2. The van der Waals surface area contributed by atoms with E-state index in [9.17, 15) is 4.79 Å². The second-order valence-electron chi connectivity index (χ2n) is 5.50. The molecule has 1 aliphatic heterocycles. The molecule has 19 heavy (non-hydrogen) atoms. The molecule has 2 rings (SSSR count).